The van der Waals surface area contributed by atoms with Gasteiger partial charge in [-0.25, -0.2) is 0 Å². The maximum atomic E-state index is 12.8. The second kappa shape index (κ2) is 9.07. The molecule has 2 aromatic rings. The number of nitrogens with zero attached hydrogens (tertiary/aromatic N) is 3. The molecule has 3 rings (SSSR count). The summed E-state index contributed by atoms with van der Waals surface area (Å²) in [4.78, 5) is 27.1. The number of rotatable bonds is 6. The first-order chi connectivity index (χ1) is 13.4. The summed E-state index contributed by atoms with van der Waals surface area (Å²) < 4.78 is 2.45. The number of hydrogen-bond acceptors (Lipinski definition) is 4. The third-order valence-electron chi connectivity index (χ3n) is 4.73. The van der Waals surface area contributed by atoms with Gasteiger partial charge in [-0.05, 0) is 50.2 Å². The number of amides is 2. The second-order valence-electron chi connectivity index (χ2n) is 6.54. The number of halogens is 2. The van der Waals surface area contributed by atoms with Gasteiger partial charge in [0.05, 0.1) is 0 Å². The quantitative estimate of drug-likeness (QED) is 0.673. The van der Waals surface area contributed by atoms with E-state index < -0.39 is 6.04 Å². The van der Waals surface area contributed by atoms with Gasteiger partial charge in [-0.2, -0.15) is 5.10 Å². The fourth-order valence-corrected chi connectivity index (χ4v) is 4.21. The Hall–Kier alpha value is -1.90. The Morgan fingerprint density at radius 2 is 2.04 bits per heavy atom. The molecule has 10 heteroatoms. The van der Waals surface area contributed by atoms with Crippen LogP contribution in [0.2, 0.25) is 10.0 Å². The van der Waals surface area contributed by atoms with E-state index in [1.54, 1.807) is 23.1 Å². The summed E-state index contributed by atoms with van der Waals surface area (Å²) >= 11 is 17.2. The number of aromatic nitrogens is 3. The summed E-state index contributed by atoms with van der Waals surface area (Å²) in [5.74, 6) is 0.380. The maximum absolute atomic E-state index is 12.8. The monoisotopic (exact) mass is 441 g/mol. The molecule has 28 heavy (non-hydrogen) atoms. The lowest BCUT2D eigenvalue weighted by Gasteiger charge is -2.24. The van der Waals surface area contributed by atoms with Crippen LogP contribution in [0.1, 0.15) is 35.9 Å². The zero-order valence-corrected chi connectivity index (χ0v) is 17.7. The molecule has 1 aromatic carbocycles. The predicted octanol–water partition coefficient (Wildman–Crippen LogP) is 3.23. The van der Waals surface area contributed by atoms with Gasteiger partial charge in [0, 0.05) is 41.7 Å². The fourth-order valence-electron chi connectivity index (χ4n) is 3.41. The summed E-state index contributed by atoms with van der Waals surface area (Å²) in [5.41, 5.74) is 0.385. The van der Waals surface area contributed by atoms with E-state index in [-0.39, 0.29) is 11.8 Å². The van der Waals surface area contributed by atoms with Crippen molar-refractivity contribution in [3.05, 3.63) is 44.4 Å². The van der Waals surface area contributed by atoms with Crippen LogP contribution in [0, 0.1) is 4.77 Å². The summed E-state index contributed by atoms with van der Waals surface area (Å²) in [6.45, 7) is 3.64. The van der Waals surface area contributed by atoms with Crippen LogP contribution >= 0.6 is 35.4 Å². The minimum absolute atomic E-state index is 0.170. The Morgan fingerprint density at radius 1 is 1.32 bits per heavy atom. The van der Waals surface area contributed by atoms with Crippen LogP contribution in [-0.2, 0) is 17.8 Å². The van der Waals surface area contributed by atoms with Gasteiger partial charge in [0.1, 0.15) is 11.9 Å². The van der Waals surface area contributed by atoms with Crippen molar-refractivity contribution in [1.29, 1.82) is 0 Å². The SMILES string of the molecule is CCn1c(CCNC(=O)C2CCCN2C(=O)c2cc(Cl)cc(Cl)c2)n[nH]c1=S. The minimum atomic E-state index is -0.503. The van der Waals surface area contributed by atoms with Crippen molar-refractivity contribution < 1.29 is 9.59 Å². The Labute approximate surface area is 178 Å². The number of carbonyl (C=O) groups is 2. The largest absolute Gasteiger partial charge is 0.354 e. The van der Waals surface area contributed by atoms with Crippen LogP contribution in [0.4, 0.5) is 0 Å². The van der Waals surface area contributed by atoms with Gasteiger partial charge in [0.2, 0.25) is 5.91 Å². The Kier molecular flexibility index (Phi) is 6.74. The van der Waals surface area contributed by atoms with Crippen molar-refractivity contribution in [1.82, 2.24) is 25.0 Å². The molecule has 1 aliphatic heterocycles. The fraction of sp³-hybridized carbons (Fsp3) is 0.444. The summed E-state index contributed by atoms with van der Waals surface area (Å²) in [6, 6.07) is 4.20. The first-order valence-corrected chi connectivity index (χ1v) is 10.3. The molecule has 2 N–H and O–H groups in total. The number of carbonyl (C=O) groups excluding carboxylic acids is 2. The van der Waals surface area contributed by atoms with Gasteiger partial charge in [-0.3, -0.25) is 14.7 Å². The molecule has 1 saturated heterocycles. The molecule has 1 atom stereocenters. The van der Waals surface area contributed by atoms with E-state index in [1.165, 1.54) is 0 Å². The first kappa shape index (κ1) is 20.8. The molecule has 150 valence electrons. The van der Waals surface area contributed by atoms with Gasteiger partial charge in [0.25, 0.3) is 5.91 Å². The van der Waals surface area contributed by atoms with Crippen LogP contribution in [0.3, 0.4) is 0 Å². The molecule has 7 nitrogen and oxygen atoms in total. The highest BCUT2D eigenvalue weighted by atomic mass is 35.5. The van der Waals surface area contributed by atoms with Gasteiger partial charge in [-0.15, -0.1) is 0 Å². The average Bonchev–Trinajstić information content (AvgIpc) is 3.27. The van der Waals surface area contributed by atoms with Gasteiger partial charge < -0.3 is 14.8 Å². The van der Waals surface area contributed by atoms with Crippen LogP contribution in [0.5, 0.6) is 0 Å². The van der Waals surface area contributed by atoms with E-state index in [2.05, 4.69) is 15.5 Å². The lowest BCUT2D eigenvalue weighted by Crippen LogP contribution is -2.46. The average molecular weight is 442 g/mol. The van der Waals surface area contributed by atoms with E-state index in [1.807, 2.05) is 11.5 Å². The van der Waals surface area contributed by atoms with Crippen molar-refractivity contribution >= 4 is 47.2 Å². The van der Waals surface area contributed by atoms with E-state index in [0.29, 0.717) is 52.9 Å². The summed E-state index contributed by atoms with van der Waals surface area (Å²) in [6.07, 6.45) is 1.95. The third kappa shape index (κ3) is 4.56. The zero-order chi connectivity index (χ0) is 20.3. The lowest BCUT2D eigenvalue weighted by molar-refractivity contribution is -0.124. The Balaban J connectivity index is 1.62. The number of likely N-dealkylation sites (tertiary alicyclic amines) is 1. The Bertz CT molecular complexity index is 922. The van der Waals surface area contributed by atoms with Crippen LogP contribution in [0.25, 0.3) is 0 Å². The molecule has 1 aromatic heterocycles. The van der Waals surface area contributed by atoms with E-state index in [4.69, 9.17) is 35.4 Å². The van der Waals surface area contributed by atoms with Crippen molar-refractivity contribution in [3.8, 4) is 0 Å². The number of benzene rings is 1. The number of hydrogen-bond donors (Lipinski definition) is 2. The normalized spacial score (nSPS) is 16.4. The second-order valence-corrected chi connectivity index (χ2v) is 7.80. The Morgan fingerprint density at radius 3 is 2.71 bits per heavy atom. The molecule has 0 spiro atoms. The molecule has 1 unspecified atom stereocenters. The van der Waals surface area contributed by atoms with Crippen LogP contribution in [0.15, 0.2) is 18.2 Å². The molecule has 1 aliphatic rings. The van der Waals surface area contributed by atoms with Crippen molar-refractivity contribution in [2.24, 2.45) is 0 Å². The zero-order valence-electron chi connectivity index (χ0n) is 15.4. The minimum Gasteiger partial charge on any atom is -0.354 e. The molecule has 0 radical (unpaired) electrons. The molecule has 0 aliphatic carbocycles. The molecule has 0 bridgehead atoms. The highest BCUT2D eigenvalue weighted by Crippen LogP contribution is 2.24. The smallest absolute Gasteiger partial charge is 0.254 e. The number of aromatic amines is 1. The molecule has 2 heterocycles. The molecule has 2 amide bonds. The first-order valence-electron chi connectivity index (χ1n) is 9.09. The predicted molar refractivity (Wildman–Crippen MR) is 110 cm³/mol. The van der Waals surface area contributed by atoms with E-state index in [0.717, 1.165) is 12.2 Å². The number of H-pyrrole nitrogens is 1. The van der Waals surface area contributed by atoms with Crippen molar-refractivity contribution in [3.63, 3.8) is 0 Å². The third-order valence-corrected chi connectivity index (χ3v) is 5.48. The van der Waals surface area contributed by atoms with Crippen LogP contribution < -0.4 is 5.32 Å². The van der Waals surface area contributed by atoms with Crippen LogP contribution in [-0.4, -0.2) is 50.6 Å². The molecular weight excluding hydrogens is 421 g/mol. The maximum Gasteiger partial charge on any atom is 0.254 e. The molecule has 1 fully saturated rings. The number of nitrogens with one attached hydrogen (secondary N) is 2. The summed E-state index contributed by atoms with van der Waals surface area (Å²) in [5, 5.41) is 10.6. The van der Waals surface area contributed by atoms with Crippen molar-refractivity contribution in [2.75, 3.05) is 13.1 Å². The lowest BCUT2D eigenvalue weighted by atomic mass is 10.1. The highest BCUT2D eigenvalue weighted by Gasteiger charge is 2.34. The van der Waals surface area contributed by atoms with E-state index in [9.17, 15) is 9.59 Å². The van der Waals surface area contributed by atoms with E-state index >= 15 is 0 Å². The van der Waals surface area contributed by atoms with Gasteiger partial charge in [-0.1, -0.05) is 23.2 Å². The topological polar surface area (TPSA) is 83.0 Å². The van der Waals surface area contributed by atoms with Crippen molar-refractivity contribution in [2.45, 2.75) is 38.8 Å². The molecular formula is C18H21Cl2N5O2S. The molecule has 0 saturated carbocycles. The van der Waals surface area contributed by atoms with Gasteiger partial charge >= 0.3 is 0 Å². The highest BCUT2D eigenvalue weighted by molar-refractivity contribution is 7.71. The standard InChI is InChI=1S/C18H21Cl2N5O2S/c1-2-24-15(22-23-18(24)28)5-6-21-16(26)14-4-3-7-25(14)17(27)11-8-12(19)10-13(20)9-11/h8-10,14H,2-7H2,1H3,(H,21,26)(H,23,28). The van der Waals surface area contributed by atoms with Gasteiger partial charge in [0.15, 0.2) is 4.77 Å². The summed E-state index contributed by atoms with van der Waals surface area (Å²) in [7, 11) is 0.